The zero-order valence-electron chi connectivity index (χ0n) is 9.97. The molecule has 0 aliphatic heterocycles. The van der Waals surface area contributed by atoms with E-state index in [1.807, 2.05) is 13.8 Å². The van der Waals surface area contributed by atoms with Crippen molar-refractivity contribution in [1.82, 2.24) is 0 Å². The molecule has 3 N–H and O–H groups in total. The third-order valence-corrected chi connectivity index (χ3v) is 2.71. The molecule has 0 bridgehead atoms. The van der Waals surface area contributed by atoms with Gasteiger partial charge >= 0.3 is 5.97 Å². The maximum atomic E-state index is 11.1. The molecule has 1 aromatic rings. The second-order valence-corrected chi connectivity index (χ2v) is 3.79. The Hall–Kier alpha value is -1.59. The number of carboxylic acids is 1. The molecule has 0 spiro atoms. The largest absolute Gasteiger partial charge is 0.478 e. The number of anilines is 1. The molecule has 0 aliphatic carbocycles. The van der Waals surface area contributed by atoms with Gasteiger partial charge in [-0.2, -0.15) is 0 Å². The van der Waals surface area contributed by atoms with Crippen molar-refractivity contribution in [2.45, 2.75) is 33.1 Å². The molecule has 0 aliphatic rings. The van der Waals surface area contributed by atoms with Crippen molar-refractivity contribution >= 4 is 11.7 Å². The van der Waals surface area contributed by atoms with Crippen molar-refractivity contribution in [2.24, 2.45) is 0 Å². The summed E-state index contributed by atoms with van der Waals surface area (Å²) in [6.45, 7) is 3.81. The molecule has 5 nitrogen and oxygen atoms in total. The van der Waals surface area contributed by atoms with Gasteiger partial charge in [0, 0.05) is 0 Å². The van der Waals surface area contributed by atoms with E-state index in [2.05, 4.69) is 0 Å². The highest BCUT2D eigenvalue weighted by molar-refractivity contribution is 5.90. The lowest BCUT2D eigenvalue weighted by atomic mass is 9.94. The zero-order chi connectivity index (χ0) is 13.0. The van der Waals surface area contributed by atoms with E-state index in [0.717, 1.165) is 6.42 Å². The number of carbonyl (C=O) groups is 1. The fourth-order valence-electron chi connectivity index (χ4n) is 2.00. The van der Waals surface area contributed by atoms with E-state index in [0.29, 0.717) is 24.0 Å². The fourth-order valence-corrected chi connectivity index (χ4v) is 2.00. The minimum atomic E-state index is -0.989. The van der Waals surface area contributed by atoms with Crippen molar-refractivity contribution in [3.63, 3.8) is 0 Å². The average molecular weight is 239 g/mol. The lowest BCUT2D eigenvalue weighted by Crippen LogP contribution is -2.16. The SMILES string of the molecule is CCCc1c(C(=O)O)ccc(N(O)O)c1CC. The van der Waals surface area contributed by atoms with E-state index >= 15 is 0 Å². The molecule has 0 radical (unpaired) electrons. The van der Waals surface area contributed by atoms with Crippen molar-refractivity contribution in [3.8, 4) is 0 Å². The van der Waals surface area contributed by atoms with E-state index in [1.54, 1.807) is 0 Å². The zero-order valence-corrected chi connectivity index (χ0v) is 9.97. The third kappa shape index (κ3) is 2.75. The Morgan fingerprint density at radius 2 is 1.88 bits per heavy atom. The van der Waals surface area contributed by atoms with Gasteiger partial charge < -0.3 is 5.11 Å². The van der Waals surface area contributed by atoms with Crippen LogP contribution in [0.2, 0.25) is 0 Å². The number of aromatic carboxylic acids is 1. The molecule has 0 heterocycles. The number of hydrogen-bond acceptors (Lipinski definition) is 4. The quantitative estimate of drug-likeness (QED) is 0.688. The molecule has 0 atom stereocenters. The molecule has 0 amide bonds. The first-order valence-electron chi connectivity index (χ1n) is 5.58. The highest BCUT2D eigenvalue weighted by Crippen LogP contribution is 2.27. The Balaban J connectivity index is 3.43. The minimum absolute atomic E-state index is 0.0453. The Morgan fingerprint density at radius 3 is 2.29 bits per heavy atom. The summed E-state index contributed by atoms with van der Waals surface area (Å²) in [5, 5.41) is 27.3. The topological polar surface area (TPSA) is 81.0 Å². The third-order valence-electron chi connectivity index (χ3n) is 2.71. The van der Waals surface area contributed by atoms with Crippen LogP contribution in [0, 0.1) is 0 Å². The van der Waals surface area contributed by atoms with Gasteiger partial charge in [-0.05, 0) is 36.1 Å². The van der Waals surface area contributed by atoms with Gasteiger partial charge in [-0.25, -0.2) is 4.79 Å². The second kappa shape index (κ2) is 5.65. The molecule has 17 heavy (non-hydrogen) atoms. The van der Waals surface area contributed by atoms with Crippen molar-refractivity contribution in [2.75, 3.05) is 5.23 Å². The number of rotatable bonds is 5. The Morgan fingerprint density at radius 1 is 1.24 bits per heavy atom. The summed E-state index contributed by atoms with van der Waals surface area (Å²) in [5.41, 5.74) is 1.81. The first-order valence-corrected chi connectivity index (χ1v) is 5.58. The number of benzene rings is 1. The van der Waals surface area contributed by atoms with Crippen LogP contribution in [0.25, 0.3) is 0 Å². The molecule has 0 fully saturated rings. The van der Waals surface area contributed by atoms with Crippen molar-refractivity contribution in [1.29, 1.82) is 0 Å². The molecule has 0 aromatic heterocycles. The summed E-state index contributed by atoms with van der Waals surface area (Å²) in [6.07, 6.45) is 1.95. The van der Waals surface area contributed by atoms with E-state index < -0.39 is 5.97 Å². The number of nitrogens with zero attached hydrogens (tertiary/aromatic N) is 1. The molecule has 5 heteroatoms. The van der Waals surface area contributed by atoms with E-state index in [9.17, 15) is 4.79 Å². The first-order chi connectivity index (χ1) is 8.02. The average Bonchev–Trinajstić information content (AvgIpc) is 2.28. The molecule has 0 unspecified atom stereocenters. The van der Waals surface area contributed by atoms with Crippen LogP contribution in [0.4, 0.5) is 5.69 Å². The van der Waals surface area contributed by atoms with Crippen LogP contribution in [-0.2, 0) is 12.8 Å². The van der Waals surface area contributed by atoms with E-state index in [4.69, 9.17) is 15.5 Å². The van der Waals surface area contributed by atoms with Gasteiger partial charge in [0.05, 0.1) is 11.3 Å². The van der Waals surface area contributed by atoms with Gasteiger partial charge in [0.1, 0.15) is 0 Å². The van der Waals surface area contributed by atoms with Crippen LogP contribution in [-0.4, -0.2) is 21.5 Å². The summed E-state index contributed by atoms with van der Waals surface area (Å²) in [4.78, 5) is 11.1. The van der Waals surface area contributed by atoms with Gasteiger partial charge in [-0.3, -0.25) is 10.4 Å². The number of hydrogen-bond donors (Lipinski definition) is 3. The summed E-state index contributed by atoms with van der Waals surface area (Å²) in [7, 11) is 0. The van der Waals surface area contributed by atoms with Crippen LogP contribution in [0.5, 0.6) is 0 Å². The molecule has 0 saturated heterocycles. The van der Waals surface area contributed by atoms with Gasteiger partial charge in [-0.15, -0.1) is 5.23 Å². The monoisotopic (exact) mass is 239 g/mol. The van der Waals surface area contributed by atoms with Gasteiger partial charge in [0.2, 0.25) is 0 Å². The van der Waals surface area contributed by atoms with Crippen LogP contribution in [0.15, 0.2) is 12.1 Å². The minimum Gasteiger partial charge on any atom is -0.478 e. The van der Waals surface area contributed by atoms with Crippen LogP contribution in [0.1, 0.15) is 41.8 Å². The number of carboxylic acid groups (broad SMARTS) is 1. The predicted molar refractivity (Wildman–Crippen MR) is 62.8 cm³/mol. The van der Waals surface area contributed by atoms with Crippen LogP contribution < -0.4 is 5.23 Å². The Kier molecular flexibility index (Phi) is 4.48. The fraction of sp³-hybridized carbons (Fsp3) is 0.417. The Labute approximate surface area is 99.8 Å². The molecule has 0 saturated carbocycles. The van der Waals surface area contributed by atoms with Crippen LogP contribution in [0.3, 0.4) is 0 Å². The van der Waals surface area contributed by atoms with Gasteiger partial charge in [0.15, 0.2) is 0 Å². The maximum absolute atomic E-state index is 11.1. The van der Waals surface area contributed by atoms with Gasteiger partial charge in [-0.1, -0.05) is 20.3 Å². The normalized spacial score (nSPS) is 10.4. The standard InChI is InChI=1S/C12H17NO4/c1-3-5-9-8(4-2)11(13(16)17)7-6-10(9)12(14)15/h6-7,16-17H,3-5H2,1-2H3,(H,14,15). The first kappa shape index (κ1) is 13.5. The van der Waals surface area contributed by atoms with E-state index in [-0.39, 0.29) is 16.5 Å². The second-order valence-electron chi connectivity index (χ2n) is 3.79. The highest BCUT2D eigenvalue weighted by Gasteiger charge is 2.17. The highest BCUT2D eigenvalue weighted by atomic mass is 16.8. The maximum Gasteiger partial charge on any atom is 0.335 e. The predicted octanol–water partition coefficient (Wildman–Crippen LogP) is 2.48. The molecule has 1 rings (SSSR count). The van der Waals surface area contributed by atoms with E-state index in [1.165, 1.54) is 12.1 Å². The van der Waals surface area contributed by atoms with Crippen molar-refractivity contribution in [3.05, 3.63) is 28.8 Å². The van der Waals surface area contributed by atoms with Gasteiger partial charge in [0.25, 0.3) is 0 Å². The lowest BCUT2D eigenvalue weighted by Gasteiger charge is -2.18. The lowest BCUT2D eigenvalue weighted by molar-refractivity contribution is 0.0286. The summed E-state index contributed by atoms with van der Waals surface area (Å²) in [6, 6.07) is 2.81. The summed E-state index contributed by atoms with van der Waals surface area (Å²) >= 11 is 0. The molecular weight excluding hydrogens is 222 g/mol. The van der Waals surface area contributed by atoms with Crippen molar-refractivity contribution < 1.29 is 20.3 Å². The molecular formula is C12H17NO4. The molecule has 1 aromatic carbocycles. The Bertz CT molecular complexity index is 415. The smallest absolute Gasteiger partial charge is 0.335 e. The summed E-state index contributed by atoms with van der Waals surface area (Å²) < 4.78 is 0. The van der Waals surface area contributed by atoms with Crippen LogP contribution >= 0.6 is 0 Å². The molecule has 94 valence electrons. The summed E-state index contributed by atoms with van der Waals surface area (Å²) in [5.74, 6) is -0.989.